The zero-order valence-electron chi connectivity index (χ0n) is 12.6. The predicted octanol–water partition coefficient (Wildman–Crippen LogP) is 2.30. The van der Waals surface area contributed by atoms with E-state index in [-0.39, 0.29) is 12.3 Å². The monoisotopic (exact) mass is 297 g/mol. The minimum absolute atomic E-state index is 0.222. The molecule has 0 aliphatic rings. The number of carbonyl (C=O) groups excluding carboxylic acids is 1. The topological polar surface area (TPSA) is 66.8 Å². The van der Waals surface area contributed by atoms with Crippen molar-refractivity contribution in [2.24, 2.45) is 0 Å². The van der Waals surface area contributed by atoms with Crippen LogP contribution in [0.1, 0.15) is 27.7 Å². The summed E-state index contributed by atoms with van der Waals surface area (Å²) in [5, 5.41) is 9.22. The van der Waals surface area contributed by atoms with E-state index in [0.717, 1.165) is 0 Å². The van der Waals surface area contributed by atoms with Gasteiger partial charge in [-0.05, 0) is 39.8 Å². The molecule has 0 heterocycles. The maximum Gasteiger partial charge on any atom is 0.329 e. The molecule has 1 rings (SSSR count). The Morgan fingerprint density at radius 2 is 2.05 bits per heavy atom. The highest BCUT2D eigenvalue weighted by molar-refractivity contribution is 5.88. The lowest BCUT2D eigenvalue weighted by atomic mass is 10.0. The van der Waals surface area contributed by atoms with Crippen molar-refractivity contribution < 1.29 is 23.8 Å². The van der Waals surface area contributed by atoms with Crippen LogP contribution in [0.5, 0.6) is 5.75 Å². The fourth-order valence-electron chi connectivity index (χ4n) is 1.96. The number of rotatable bonds is 6. The van der Waals surface area contributed by atoms with Crippen LogP contribution in [0.3, 0.4) is 0 Å². The standard InChI is InChI=1S/C15H20FNO4/c1-5-17(15(3,4)14(19)20)13(18)10(2)21-12-8-6-7-11(16)9-12/h6-10H,5H2,1-4H3,(H,19,20). The van der Waals surface area contributed by atoms with Crippen LogP contribution in [0, 0.1) is 5.82 Å². The molecule has 1 aromatic rings. The first-order valence-corrected chi connectivity index (χ1v) is 6.67. The second-order valence-corrected chi connectivity index (χ2v) is 5.16. The van der Waals surface area contributed by atoms with Crippen LogP contribution >= 0.6 is 0 Å². The van der Waals surface area contributed by atoms with Crippen molar-refractivity contribution in [1.29, 1.82) is 0 Å². The van der Waals surface area contributed by atoms with Crippen molar-refractivity contribution in [3.8, 4) is 5.75 Å². The molecule has 6 heteroatoms. The Morgan fingerprint density at radius 1 is 1.43 bits per heavy atom. The molecular formula is C15H20FNO4. The SMILES string of the molecule is CCN(C(=O)C(C)Oc1cccc(F)c1)C(C)(C)C(=O)O. The first kappa shape index (κ1) is 16.9. The van der Waals surface area contributed by atoms with Gasteiger partial charge in [0.15, 0.2) is 6.10 Å². The Morgan fingerprint density at radius 3 is 2.52 bits per heavy atom. The first-order valence-electron chi connectivity index (χ1n) is 6.67. The third-order valence-electron chi connectivity index (χ3n) is 3.24. The van der Waals surface area contributed by atoms with Gasteiger partial charge in [-0.1, -0.05) is 6.07 Å². The van der Waals surface area contributed by atoms with E-state index >= 15 is 0 Å². The van der Waals surface area contributed by atoms with Crippen molar-refractivity contribution in [2.45, 2.75) is 39.3 Å². The van der Waals surface area contributed by atoms with E-state index in [0.29, 0.717) is 0 Å². The quantitative estimate of drug-likeness (QED) is 0.875. The van der Waals surface area contributed by atoms with Gasteiger partial charge in [0.25, 0.3) is 5.91 Å². The summed E-state index contributed by atoms with van der Waals surface area (Å²) in [7, 11) is 0. The lowest BCUT2D eigenvalue weighted by molar-refractivity contribution is -0.159. The van der Waals surface area contributed by atoms with E-state index in [1.165, 1.54) is 49.9 Å². The van der Waals surface area contributed by atoms with Crippen LogP contribution in [0.4, 0.5) is 4.39 Å². The van der Waals surface area contributed by atoms with Crippen molar-refractivity contribution in [2.75, 3.05) is 6.54 Å². The van der Waals surface area contributed by atoms with Gasteiger partial charge in [-0.25, -0.2) is 9.18 Å². The van der Waals surface area contributed by atoms with Gasteiger partial charge in [-0.2, -0.15) is 0 Å². The molecule has 0 saturated heterocycles. The second-order valence-electron chi connectivity index (χ2n) is 5.16. The van der Waals surface area contributed by atoms with Crippen molar-refractivity contribution in [3.05, 3.63) is 30.1 Å². The maximum atomic E-state index is 13.1. The van der Waals surface area contributed by atoms with Crippen LogP contribution in [0.15, 0.2) is 24.3 Å². The Labute approximate surface area is 123 Å². The van der Waals surface area contributed by atoms with Crippen LogP contribution in [0.2, 0.25) is 0 Å². The Balaban J connectivity index is 2.88. The number of nitrogens with zero attached hydrogens (tertiary/aromatic N) is 1. The van der Waals surface area contributed by atoms with Crippen LogP contribution in [0.25, 0.3) is 0 Å². The molecule has 21 heavy (non-hydrogen) atoms. The summed E-state index contributed by atoms with van der Waals surface area (Å²) < 4.78 is 18.5. The van der Waals surface area contributed by atoms with Crippen molar-refractivity contribution in [3.63, 3.8) is 0 Å². The molecule has 1 unspecified atom stereocenters. The first-order chi connectivity index (χ1) is 9.70. The third kappa shape index (κ3) is 3.93. The Bertz CT molecular complexity index is 530. The number of likely N-dealkylation sites (N-methyl/N-ethyl adjacent to an activating group) is 1. The summed E-state index contributed by atoms with van der Waals surface area (Å²) in [6.07, 6.45) is -0.912. The Hall–Kier alpha value is -2.11. The molecule has 0 aliphatic carbocycles. The lowest BCUT2D eigenvalue weighted by Crippen LogP contribution is -2.56. The Kier molecular flexibility index (Phi) is 5.29. The molecule has 0 spiro atoms. The lowest BCUT2D eigenvalue weighted by Gasteiger charge is -2.35. The highest BCUT2D eigenvalue weighted by atomic mass is 19.1. The van der Waals surface area contributed by atoms with E-state index in [1.807, 2.05) is 0 Å². The fourth-order valence-corrected chi connectivity index (χ4v) is 1.96. The zero-order chi connectivity index (χ0) is 16.2. The molecule has 5 nitrogen and oxygen atoms in total. The number of hydrogen-bond donors (Lipinski definition) is 1. The normalized spacial score (nSPS) is 12.6. The molecule has 1 N–H and O–H groups in total. The van der Waals surface area contributed by atoms with Crippen molar-refractivity contribution in [1.82, 2.24) is 4.90 Å². The molecular weight excluding hydrogens is 277 g/mol. The molecule has 0 aliphatic heterocycles. The summed E-state index contributed by atoms with van der Waals surface area (Å²) in [6, 6.07) is 5.44. The predicted molar refractivity (Wildman–Crippen MR) is 75.6 cm³/mol. The van der Waals surface area contributed by atoms with Gasteiger partial charge in [-0.15, -0.1) is 0 Å². The number of halogens is 1. The number of aliphatic carboxylic acids is 1. The number of hydrogen-bond acceptors (Lipinski definition) is 3. The molecule has 0 bridgehead atoms. The number of carboxylic acids is 1. The summed E-state index contributed by atoms with van der Waals surface area (Å²) >= 11 is 0. The zero-order valence-corrected chi connectivity index (χ0v) is 12.6. The van der Waals surface area contributed by atoms with E-state index in [4.69, 9.17) is 4.74 Å². The van der Waals surface area contributed by atoms with E-state index < -0.39 is 29.3 Å². The van der Waals surface area contributed by atoms with Gasteiger partial charge in [0, 0.05) is 12.6 Å². The molecule has 1 atom stereocenters. The summed E-state index contributed by atoms with van der Waals surface area (Å²) in [5.41, 5.74) is -1.34. The minimum Gasteiger partial charge on any atom is -0.481 e. The smallest absolute Gasteiger partial charge is 0.329 e. The highest BCUT2D eigenvalue weighted by Gasteiger charge is 2.39. The number of carboxylic acid groups (broad SMARTS) is 1. The largest absolute Gasteiger partial charge is 0.481 e. The molecule has 0 radical (unpaired) electrons. The van der Waals surface area contributed by atoms with Crippen molar-refractivity contribution >= 4 is 11.9 Å². The van der Waals surface area contributed by atoms with Gasteiger partial charge in [-0.3, -0.25) is 4.79 Å². The van der Waals surface area contributed by atoms with Crippen LogP contribution in [-0.2, 0) is 9.59 Å². The van der Waals surface area contributed by atoms with E-state index in [2.05, 4.69) is 0 Å². The van der Waals surface area contributed by atoms with Gasteiger partial charge >= 0.3 is 5.97 Å². The van der Waals surface area contributed by atoms with Crippen LogP contribution in [-0.4, -0.2) is 40.1 Å². The summed E-state index contributed by atoms with van der Waals surface area (Å²) in [4.78, 5) is 24.8. The molecule has 0 aromatic heterocycles. The van der Waals surface area contributed by atoms with Gasteiger partial charge in [0.1, 0.15) is 17.1 Å². The summed E-state index contributed by atoms with van der Waals surface area (Å²) in [6.45, 7) is 6.33. The molecule has 0 fully saturated rings. The number of ether oxygens (including phenoxy) is 1. The number of amides is 1. The van der Waals surface area contributed by atoms with Crippen LogP contribution < -0.4 is 4.74 Å². The molecule has 1 aromatic carbocycles. The average Bonchev–Trinajstić information content (AvgIpc) is 2.38. The average molecular weight is 297 g/mol. The number of benzene rings is 1. The van der Waals surface area contributed by atoms with Gasteiger partial charge < -0.3 is 14.7 Å². The second kappa shape index (κ2) is 6.56. The highest BCUT2D eigenvalue weighted by Crippen LogP contribution is 2.19. The maximum absolute atomic E-state index is 13.1. The molecule has 0 saturated carbocycles. The molecule has 116 valence electrons. The van der Waals surface area contributed by atoms with Gasteiger partial charge in [0.05, 0.1) is 0 Å². The molecule has 1 amide bonds. The van der Waals surface area contributed by atoms with Gasteiger partial charge in [0.2, 0.25) is 0 Å². The minimum atomic E-state index is -1.34. The van der Waals surface area contributed by atoms with E-state index in [1.54, 1.807) is 6.92 Å². The third-order valence-corrected chi connectivity index (χ3v) is 3.24. The van der Waals surface area contributed by atoms with E-state index in [9.17, 15) is 19.1 Å². The number of carbonyl (C=O) groups is 2. The fraction of sp³-hybridized carbons (Fsp3) is 0.467. The summed E-state index contributed by atoms with van der Waals surface area (Å²) in [5.74, 6) is -1.81.